The van der Waals surface area contributed by atoms with Crippen molar-refractivity contribution in [3.63, 3.8) is 0 Å². The third kappa shape index (κ3) is 3.96. The highest BCUT2D eigenvalue weighted by atomic mass is 19.3. The SMILES string of the molecule is FC(F)Oc1ccccc1CN1CCCC(N2CCCC2)C1. The molecule has 2 heterocycles. The molecule has 0 radical (unpaired) electrons. The largest absolute Gasteiger partial charge is 0.434 e. The third-order valence-electron chi connectivity index (χ3n) is 4.72. The molecule has 2 saturated heterocycles. The van der Waals surface area contributed by atoms with Gasteiger partial charge in [-0.05, 0) is 51.4 Å². The first kappa shape index (κ1) is 15.7. The molecule has 0 aliphatic carbocycles. The van der Waals surface area contributed by atoms with Gasteiger partial charge < -0.3 is 4.74 Å². The number of hydrogen-bond acceptors (Lipinski definition) is 3. The lowest BCUT2D eigenvalue weighted by molar-refractivity contribution is -0.0509. The van der Waals surface area contributed by atoms with Gasteiger partial charge in [0.2, 0.25) is 0 Å². The van der Waals surface area contributed by atoms with Crippen LogP contribution in [0.25, 0.3) is 0 Å². The van der Waals surface area contributed by atoms with Crippen LogP contribution in [0.2, 0.25) is 0 Å². The van der Waals surface area contributed by atoms with Crippen LogP contribution < -0.4 is 4.74 Å². The van der Waals surface area contributed by atoms with Gasteiger partial charge in [0.25, 0.3) is 0 Å². The summed E-state index contributed by atoms with van der Waals surface area (Å²) in [4.78, 5) is 4.97. The fraction of sp³-hybridized carbons (Fsp3) is 0.647. The Bertz CT molecular complexity index is 477. The van der Waals surface area contributed by atoms with Crippen molar-refractivity contribution in [3.05, 3.63) is 29.8 Å². The summed E-state index contributed by atoms with van der Waals surface area (Å²) in [5.74, 6) is 0.306. The Morgan fingerprint density at radius 3 is 2.64 bits per heavy atom. The lowest BCUT2D eigenvalue weighted by Crippen LogP contribution is -2.46. The fourth-order valence-electron chi connectivity index (χ4n) is 3.67. The smallest absolute Gasteiger partial charge is 0.387 e. The predicted molar refractivity (Wildman–Crippen MR) is 82.2 cm³/mol. The van der Waals surface area contributed by atoms with E-state index in [1.807, 2.05) is 12.1 Å². The van der Waals surface area contributed by atoms with Crippen LogP contribution in [-0.4, -0.2) is 48.6 Å². The zero-order valence-corrected chi connectivity index (χ0v) is 12.9. The minimum absolute atomic E-state index is 0.306. The number of rotatable bonds is 5. The second kappa shape index (κ2) is 7.38. The highest BCUT2D eigenvalue weighted by Gasteiger charge is 2.27. The van der Waals surface area contributed by atoms with Gasteiger partial charge in [-0.2, -0.15) is 8.78 Å². The van der Waals surface area contributed by atoms with Crippen molar-refractivity contribution in [2.24, 2.45) is 0 Å². The number of alkyl halides is 2. The van der Waals surface area contributed by atoms with Crippen molar-refractivity contribution in [1.82, 2.24) is 9.80 Å². The number of benzene rings is 1. The first-order chi connectivity index (χ1) is 10.7. The van der Waals surface area contributed by atoms with Crippen LogP contribution in [0, 0.1) is 0 Å². The molecule has 2 aliphatic heterocycles. The molecule has 1 unspecified atom stereocenters. The number of hydrogen-bond donors (Lipinski definition) is 0. The van der Waals surface area contributed by atoms with Gasteiger partial charge in [0, 0.05) is 24.7 Å². The lowest BCUT2D eigenvalue weighted by Gasteiger charge is -2.37. The summed E-state index contributed by atoms with van der Waals surface area (Å²) in [6.45, 7) is 2.41. The monoisotopic (exact) mass is 310 g/mol. The summed E-state index contributed by atoms with van der Waals surface area (Å²) >= 11 is 0. The average molecular weight is 310 g/mol. The lowest BCUT2D eigenvalue weighted by atomic mass is 10.0. The van der Waals surface area contributed by atoms with E-state index in [9.17, 15) is 8.78 Å². The number of piperidine rings is 1. The fourth-order valence-corrected chi connectivity index (χ4v) is 3.67. The van der Waals surface area contributed by atoms with E-state index in [0.717, 1.165) is 18.7 Å². The molecular formula is C17H24F2N2O. The molecule has 22 heavy (non-hydrogen) atoms. The van der Waals surface area contributed by atoms with Crippen LogP contribution in [0.15, 0.2) is 24.3 Å². The molecule has 0 bridgehead atoms. The van der Waals surface area contributed by atoms with Crippen LogP contribution in [0.1, 0.15) is 31.2 Å². The number of likely N-dealkylation sites (tertiary alicyclic amines) is 2. The number of ether oxygens (including phenoxy) is 1. The van der Waals surface area contributed by atoms with Crippen molar-refractivity contribution >= 4 is 0 Å². The Morgan fingerprint density at radius 2 is 1.86 bits per heavy atom. The minimum atomic E-state index is -2.76. The van der Waals surface area contributed by atoms with Gasteiger partial charge in [0.1, 0.15) is 5.75 Å². The summed E-state index contributed by atoms with van der Waals surface area (Å²) in [5.41, 5.74) is 0.852. The highest BCUT2D eigenvalue weighted by Crippen LogP contribution is 2.25. The molecule has 2 aliphatic rings. The van der Waals surface area contributed by atoms with Crippen LogP contribution in [0.3, 0.4) is 0 Å². The maximum Gasteiger partial charge on any atom is 0.387 e. The van der Waals surface area contributed by atoms with E-state index in [1.165, 1.54) is 38.8 Å². The van der Waals surface area contributed by atoms with Gasteiger partial charge in [-0.3, -0.25) is 9.80 Å². The number of para-hydroxylation sites is 1. The van der Waals surface area contributed by atoms with Crippen LogP contribution in [-0.2, 0) is 6.54 Å². The van der Waals surface area contributed by atoms with Gasteiger partial charge in [-0.25, -0.2) is 0 Å². The van der Waals surface area contributed by atoms with E-state index in [2.05, 4.69) is 14.5 Å². The molecule has 0 amide bonds. The van der Waals surface area contributed by atoms with E-state index in [4.69, 9.17) is 0 Å². The van der Waals surface area contributed by atoms with Crippen molar-refractivity contribution in [2.75, 3.05) is 26.2 Å². The van der Waals surface area contributed by atoms with Gasteiger partial charge in [0.05, 0.1) is 0 Å². The topological polar surface area (TPSA) is 15.7 Å². The predicted octanol–water partition coefficient (Wildman–Crippen LogP) is 3.35. The second-order valence-electron chi connectivity index (χ2n) is 6.26. The molecule has 3 nitrogen and oxygen atoms in total. The molecule has 0 saturated carbocycles. The number of halogens is 2. The Hall–Kier alpha value is -1.20. The molecule has 0 aromatic heterocycles. The summed E-state index contributed by atoms with van der Waals surface area (Å²) in [5, 5.41) is 0. The Kier molecular flexibility index (Phi) is 5.26. The van der Waals surface area contributed by atoms with Crippen molar-refractivity contribution in [2.45, 2.75) is 44.9 Å². The molecule has 5 heteroatoms. The molecule has 3 rings (SSSR count). The normalized spacial score (nSPS) is 24.0. The summed E-state index contributed by atoms with van der Waals surface area (Å²) in [7, 11) is 0. The molecule has 122 valence electrons. The molecule has 1 aromatic carbocycles. The zero-order chi connectivity index (χ0) is 15.4. The van der Waals surface area contributed by atoms with E-state index in [0.29, 0.717) is 18.3 Å². The van der Waals surface area contributed by atoms with Crippen LogP contribution in [0.5, 0.6) is 5.75 Å². The quantitative estimate of drug-likeness (QED) is 0.829. The Balaban J connectivity index is 1.62. The van der Waals surface area contributed by atoms with E-state index in [-0.39, 0.29) is 0 Å². The second-order valence-corrected chi connectivity index (χ2v) is 6.26. The summed E-state index contributed by atoms with van der Waals surface area (Å²) < 4.78 is 29.6. The van der Waals surface area contributed by atoms with Gasteiger partial charge in [-0.1, -0.05) is 18.2 Å². The Morgan fingerprint density at radius 1 is 1.09 bits per heavy atom. The maximum absolute atomic E-state index is 12.5. The van der Waals surface area contributed by atoms with Gasteiger partial charge >= 0.3 is 6.61 Å². The average Bonchev–Trinajstić information content (AvgIpc) is 3.03. The van der Waals surface area contributed by atoms with Crippen LogP contribution >= 0.6 is 0 Å². The molecule has 1 aromatic rings. The summed E-state index contributed by atoms with van der Waals surface area (Å²) in [6, 6.07) is 7.76. The molecule has 2 fully saturated rings. The molecule has 0 spiro atoms. The Labute approximate surface area is 130 Å². The first-order valence-corrected chi connectivity index (χ1v) is 8.21. The van der Waals surface area contributed by atoms with E-state index in [1.54, 1.807) is 12.1 Å². The standard InChI is InChI=1S/C17H24F2N2O/c18-17(19)22-16-8-2-1-6-14(16)12-20-9-5-7-15(13-20)21-10-3-4-11-21/h1-2,6,8,15,17H,3-5,7,9-13H2. The third-order valence-corrected chi connectivity index (χ3v) is 4.72. The van der Waals surface area contributed by atoms with Crippen LogP contribution in [0.4, 0.5) is 8.78 Å². The zero-order valence-electron chi connectivity index (χ0n) is 12.9. The molecule has 1 atom stereocenters. The maximum atomic E-state index is 12.5. The number of nitrogens with zero attached hydrogens (tertiary/aromatic N) is 2. The van der Waals surface area contributed by atoms with Crippen molar-refractivity contribution < 1.29 is 13.5 Å². The highest BCUT2D eigenvalue weighted by molar-refractivity contribution is 5.33. The van der Waals surface area contributed by atoms with Gasteiger partial charge in [-0.15, -0.1) is 0 Å². The summed E-state index contributed by atoms with van der Waals surface area (Å²) in [6.07, 6.45) is 5.05. The molecular weight excluding hydrogens is 286 g/mol. The first-order valence-electron chi connectivity index (χ1n) is 8.21. The van der Waals surface area contributed by atoms with Crippen molar-refractivity contribution in [1.29, 1.82) is 0 Å². The van der Waals surface area contributed by atoms with Crippen molar-refractivity contribution in [3.8, 4) is 5.75 Å². The van der Waals surface area contributed by atoms with E-state index < -0.39 is 6.61 Å². The van der Waals surface area contributed by atoms with Gasteiger partial charge in [0.15, 0.2) is 0 Å². The van der Waals surface area contributed by atoms with E-state index >= 15 is 0 Å². The minimum Gasteiger partial charge on any atom is -0.434 e. The molecule has 0 N–H and O–H groups in total.